The fourth-order valence-electron chi connectivity index (χ4n) is 4.06. The predicted octanol–water partition coefficient (Wildman–Crippen LogP) is 3.64. The summed E-state index contributed by atoms with van der Waals surface area (Å²) in [5, 5.41) is 3.59. The van der Waals surface area contributed by atoms with Gasteiger partial charge in [0, 0.05) is 6.54 Å². The van der Waals surface area contributed by atoms with E-state index in [4.69, 9.17) is 0 Å². The summed E-state index contributed by atoms with van der Waals surface area (Å²) < 4.78 is 0. The number of carbonyl (C=O) groups excluding carboxylic acids is 1. The second-order valence-electron chi connectivity index (χ2n) is 8.54. The number of rotatable bonds is 6. The molecule has 2 fully saturated rings. The molecule has 0 radical (unpaired) electrons. The Balaban J connectivity index is 2.07. The summed E-state index contributed by atoms with van der Waals surface area (Å²) in [6, 6.07) is 0.0438. The smallest absolute Gasteiger partial charge is 0.241 e. The summed E-state index contributed by atoms with van der Waals surface area (Å²) in [7, 11) is 0. The van der Waals surface area contributed by atoms with E-state index in [1.54, 1.807) is 0 Å². The largest absolute Gasteiger partial charge is 0.325 e. The Morgan fingerprint density at radius 1 is 1.19 bits per heavy atom. The molecule has 1 saturated carbocycles. The van der Waals surface area contributed by atoms with Crippen molar-refractivity contribution in [2.75, 3.05) is 6.54 Å². The molecule has 0 aromatic rings. The molecule has 1 amide bonds. The van der Waals surface area contributed by atoms with Gasteiger partial charge in [-0.3, -0.25) is 10.1 Å². The molecule has 1 N–H and O–H groups in total. The lowest BCUT2D eigenvalue weighted by atomic mass is 10.0. The zero-order valence-electron chi connectivity index (χ0n) is 15.0. The van der Waals surface area contributed by atoms with E-state index in [0.717, 1.165) is 25.8 Å². The molecule has 3 nitrogen and oxygen atoms in total. The summed E-state index contributed by atoms with van der Waals surface area (Å²) in [5.74, 6) is 1.41. The van der Waals surface area contributed by atoms with Gasteiger partial charge in [0.1, 0.15) is 0 Å². The van der Waals surface area contributed by atoms with Crippen LogP contribution in [0.3, 0.4) is 0 Å². The van der Waals surface area contributed by atoms with E-state index in [2.05, 4.69) is 58.7 Å². The van der Waals surface area contributed by atoms with Crippen LogP contribution in [0, 0.1) is 22.7 Å². The zero-order chi connectivity index (χ0) is 16.0. The van der Waals surface area contributed by atoms with Crippen LogP contribution in [0.2, 0.25) is 0 Å². The van der Waals surface area contributed by atoms with Crippen molar-refractivity contribution >= 4 is 5.91 Å². The highest BCUT2D eigenvalue weighted by atomic mass is 16.2. The van der Waals surface area contributed by atoms with Crippen molar-refractivity contribution in [1.82, 2.24) is 10.2 Å². The first-order valence-electron chi connectivity index (χ1n) is 8.71. The molecule has 1 saturated heterocycles. The Bertz CT molecular complexity index is 386. The molecule has 0 spiro atoms. The topological polar surface area (TPSA) is 32.3 Å². The normalized spacial score (nSPS) is 31.2. The maximum atomic E-state index is 12.8. The summed E-state index contributed by atoms with van der Waals surface area (Å²) in [6.45, 7) is 16.9. The van der Waals surface area contributed by atoms with E-state index in [0.29, 0.717) is 28.6 Å². The van der Waals surface area contributed by atoms with Crippen LogP contribution in [0.5, 0.6) is 0 Å². The van der Waals surface area contributed by atoms with Crippen molar-refractivity contribution in [3.05, 3.63) is 0 Å². The zero-order valence-corrected chi connectivity index (χ0v) is 15.0. The van der Waals surface area contributed by atoms with Crippen LogP contribution in [0.4, 0.5) is 0 Å². The van der Waals surface area contributed by atoms with E-state index in [1.165, 1.54) is 0 Å². The van der Waals surface area contributed by atoms with Crippen molar-refractivity contribution in [3.8, 4) is 0 Å². The first kappa shape index (κ1) is 16.8. The molecule has 122 valence electrons. The molecule has 1 aliphatic heterocycles. The number of hydrogen-bond donors (Lipinski definition) is 1. The third-order valence-corrected chi connectivity index (χ3v) is 6.47. The first-order chi connectivity index (χ1) is 9.64. The van der Waals surface area contributed by atoms with Crippen LogP contribution in [-0.4, -0.2) is 29.6 Å². The lowest BCUT2D eigenvalue weighted by molar-refractivity contribution is -0.131. The minimum absolute atomic E-state index is 0.0438. The monoisotopic (exact) mass is 294 g/mol. The van der Waals surface area contributed by atoms with Gasteiger partial charge in [0.25, 0.3) is 0 Å². The Morgan fingerprint density at radius 2 is 1.76 bits per heavy atom. The summed E-state index contributed by atoms with van der Waals surface area (Å²) in [6.07, 6.45) is 3.47. The van der Waals surface area contributed by atoms with Gasteiger partial charge < -0.3 is 4.90 Å². The molecule has 2 atom stereocenters. The van der Waals surface area contributed by atoms with Crippen LogP contribution in [0.15, 0.2) is 0 Å². The average Bonchev–Trinajstić information content (AvgIpc) is 2.67. The van der Waals surface area contributed by atoms with Crippen LogP contribution in [0.25, 0.3) is 0 Å². The van der Waals surface area contributed by atoms with Crippen molar-refractivity contribution in [2.24, 2.45) is 22.7 Å². The van der Waals surface area contributed by atoms with Gasteiger partial charge in [-0.05, 0) is 29.1 Å². The third kappa shape index (κ3) is 2.74. The van der Waals surface area contributed by atoms with E-state index in [1.807, 2.05) is 0 Å². The van der Waals surface area contributed by atoms with Gasteiger partial charge in [-0.2, -0.15) is 0 Å². The van der Waals surface area contributed by atoms with Gasteiger partial charge in [-0.15, -0.1) is 0 Å². The van der Waals surface area contributed by atoms with Crippen molar-refractivity contribution in [2.45, 2.75) is 79.9 Å². The highest BCUT2D eigenvalue weighted by molar-refractivity contribution is 5.84. The molecule has 21 heavy (non-hydrogen) atoms. The highest BCUT2D eigenvalue weighted by Gasteiger charge is 2.65. The Labute approximate surface area is 130 Å². The van der Waals surface area contributed by atoms with Gasteiger partial charge in [0.15, 0.2) is 0 Å². The van der Waals surface area contributed by atoms with E-state index in [9.17, 15) is 4.79 Å². The molecular formula is C18H34N2O. The van der Waals surface area contributed by atoms with Gasteiger partial charge in [0.05, 0.1) is 12.2 Å². The fourth-order valence-corrected chi connectivity index (χ4v) is 4.06. The van der Waals surface area contributed by atoms with E-state index in [-0.39, 0.29) is 12.2 Å². The first-order valence-corrected chi connectivity index (χ1v) is 8.71. The number of amides is 1. The molecule has 2 aliphatic rings. The summed E-state index contributed by atoms with van der Waals surface area (Å²) in [5.41, 5.74) is 0.687. The number of unbranched alkanes of at least 4 members (excludes halogenated alkanes) is 1. The molecule has 0 aromatic heterocycles. The minimum atomic E-state index is 0.0438. The number of nitrogens with one attached hydrogen (secondary N) is 1. The molecule has 1 heterocycles. The molecule has 1 aliphatic carbocycles. The third-order valence-electron chi connectivity index (χ3n) is 6.47. The van der Waals surface area contributed by atoms with E-state index >= 15 is 0 Å². The molecule has 2 unspecified atom stereocenters. The van der Waals surface area contributed by atoms with Crippen LogP contribution in [-0.2, 0) is 4.79 Å². The van der Waals surface area contributed by atoms with Crippen LogP contribution in [0.1, 0.15) is 67.7 Å². The lowest BCUT2D eigenvalue weighted by Gasteiger charge is -2.28. The average molecular weight is 294 g/mol. The van der Waals surface area contributed by atoms with Crippen LogP contribution >= 0.6 is 0 Å². The SMILES string of the molecule is CCCCC1NC(C(C)C)N(CC2C(C)(C)C2(C)C)C1=O. The fraction of sp³-hybridized carbons (Fsp3) is 0.944. The van der Waals surface area contributed by atoms with Crippen molar-refractivity contribution < 1.29 is 4.79 Å². The van der Waals surface area contributed by atoms with E-state index < -0.39 is 0 Å². The molecule has 3 heteroatoms. The maximum absolute atomic E-state index is 12.8. The Kier molecular flexibility index (Phi) is 4.45. The molecule has 0 aromatic carbocycles. The van der Waals surface area contributed by atoms with Gasteiger partial charge in [-0.25, -0.2) is 0 Å². The minimum Gasteiger partial charge on any atom is -0.325 e. The quantitative estimate of drug-likeness (QED) is 0.811. The maximum Gasteiger partial charge on any atom is 0.241 e. The predicted molar refractivity (Wildman–Crippen MR) is 87.8 cm³/mol. The second kappa shape index (κ2) is 5.57. The van der Waals surface area contributed by atoms with Crippen molar-refractivity contribution in [3.63, 3.8) is 0 Å². The van der Waals surface area contributed by atoms with Gasteiger partial charge in [0.2, 0.25) is 5.91 Å². The number of hydrogen-bond acceptors (Lipinski definition) is 2. The Hall–Kier alpha value is -0.570. The van der Waals surface area contributed by atoms with Crippen molar-refractivity contribution in [1.29, 1.82) is 0 Å². The number of carbonyl (C=O) groups is 1. The summed E-state index contributed by atoms with van der Waals surface area (Å²) >= 11 is 0. The van der Waals surface area contributed by atoms with Gasteiger partial charge >= 0.3 is 0 Å². The van der Waals surface area contributed by atoms with Crippen LogP contribution < -0.4 is 5.32 Å². The molecule has 2 rings (SSSR count). The highest BCUT2D eigenvalue weighted by Crippen LogP contribution is 2.68. The summed E-state index contributed by atoms with van der Waals surface area (Å²) in [4.78, 5) is 14.9. The van der Waals surface area contributed by atoms with Gasteiger partial charge in [-0.1, -0.05) is 61.3 Å². The molecular weight excluding hydrogens is 260 g/mol. The number of nitrogens with zero attached hydrogens (tertiary/aromatic N) is 1. The lowest BCUT2D eigenvalue weighted by Crippen LogP contribution is -2.43. The second-order valence-corrected chi connectivity index (χ2v) is 8.54. The molecule has 0 bridgehead atoms. The Morgan fingerprint density at radius 3 is 2.19 bits per heavy atom. The standard InChI is InChI=1S/C18H34N2O/c1-8-9-10-13-16(21)20(15(19-13)12(2)3)11-14-17(4,5)18(14,6)7/h12-15,19H,8-11H2,1-7H3.